The fraction of sp³-hybridized carbons (Fsp3) is 0.500. The van der Waals surface area contributed by atoms with E-state index in [2.05, 4.69) is 0 Å². The first-order chi connectivity index (χ1) is 8.27. The van der Waals surface area contributed by atoms with Crippen LogP contribution in [0.3, 0.4) is 0 Å². The van der Waals surface area contributed by atoms with Crippen molar-refractivity contribution >= 4 is 21.6 Å². The van der Waals surface area contributed by atoms with Gasteiger partial charge in [-0.3, -0.25) is 0 Å². The minimum atomic E-state index is -3.65. The lowest BCUT2D eigenvalue weighted by Gasteiger charge is -2.31. The molecule has 1 saturated heterocycles. The highest BCUT2D eigenvalue weighted by atomic mass is 35.5. The third-order valence-electron chi connectivity index (χ3n) is 2.98. The summed E-state index contributed by atoms with van der Waals surface area (Å²) >= 11 is 5.98. The molecule has 18 heavy (non-hydrogen) atoms. The number of benzene rings is 1. The summed E-state index contributed by atoms with van der Waals surface area (Å²) in [5, 5.41) is 0.229. The third-order valence-corrected chi connectivity index (χ3v) is 5.64. The van der Waals surface area contributed by atoms with Crippen LogP contribution < -0.4 is 0 Å². The van der Waals surface area contributed by atoms with Crippen molar-refractivity contribution in [3.05, 3.63) is 29.3 Å². The molecule has 0 amide bonds. The zero-order valence-electron chi connectivity index (χ0n) is 10.6. The van der Waals surface area contributed by atoms with Crippen molar-refractivity contribution in [2.24, 2.45) is 0 Å². The van der Waals surface area contributed by atoms with Crippen LogP contribution in [-0.4, -0.2) is 31.1 Å². The van der Waals surface area contributed by atoms with Crippen molar-refractivity contribution < 1.29 is 13.2 Å². The molecule has 1 aromatic carbocycles. The highest BCUT2D eigenvalue weighted by Crippen LogP contribution is 2.35. The van der Waals surface area contributed by atoms with E-state index in [4.69, 9.17) is 16.3 Å². The van der Waals surface area contributed by atoms with Crippen molar-refractivity contribution in [2.75, 3.05) is 6.61 Å². The summed E-state index contributed by atoms with van der Waals surface area (Å²) in [6.45, 7) is 5.77. The Bertz CT molecular complexity index is 556. The molecule has 0 radical (unpaired) electrons. The van der Waals surface area contributed by atoms with E-state index < -0.39 is 21.8 Å². The van der Waals surface area contributed by atoms with E-state index in [1.165, 1.54) is 10.4 Å². The Balaban J connectivity index is 2.53. The molecule has 1 atom stereocenters. The van der Waals surface area contributed by atoms with E-state index in [-0.39, 0.29) is 9.92 Å². The van der Waals surface area contributed by atoms with Crippen LogP contribution in [0.5, 0.6) is 0 Å². The van der Waals surface area contributed by atoms with Gasteiger partial charge in [-0.1, -0.05) is 23.7 Å². The van der Waals surface area contributed by atoms with E-state index in [0.717, 1.165) is 0 Å². The molecule has 0 bridgehead atoms. The molecule has 100 valence electrons. The molecule has 4 nitrogen and oxygen atoms in total. The van der Waals surface area contributed by atoms with Crippen LogP contribution >= 0.6 is 11.6 Å². The molecule has 0 aliphatic carbocycles. The van der Waals surface area contributed by atoms with Crippen molar-refractivity contribution in [3.8, 4) is 0 Å². The van der Waals surface area contributed by atoms with E-state index in [9.17, 15) is 8.42 Å². The van der Waals surface area contributed by atoms with Crippen LogP contribution in [-0.2, 0) is 14.8 Å². The van der Waals surface area contributed by atoms with Gasteiger partial charge in [-0.25, -0.2) is 8.42 Å². The van der Waals surface area contributed by atoms with Crippen LogP contribution in [0, 0.1) is 0 Å². The van der Waals surface area contributed by atoms with Crippen molar-refractivity contribution in [1.29, 1.82) is 0 Å². The Hall–Kier alpha value is -0.620. The quantitative estimate of drug-likeness (QED) is 0.840. The number of halogens is 1. The average molecular weight is 290 g/mol. The maximum absolute atomic E-state index is 12.6. The van der Waals surface area contributed by atoms with Gasteiger partial charge in [-0.2, -0.15) is 4.31 Å². The van der Waals surface area contributed by atoms with Crippen molar-refractivity contribution in [3.63, 3.8) is 0 Å². The summed E-state index contributed by atoms with van der Waals surface area (Å²) in [5.74, 6) is 0. The minimum absolute atomic E-state index is 0.122. The highest BCUT2D eigenvalue weighted by Gasteiger charge is 2.46. The van der Waals surface area contributed by atoms with Crippen LogP contribution in [0.25, 0.3) is 0 Å². The van der Waals surface area contributed by atoms with Gasteiger partial charge in [-0.15, -0.1) is 0 Å². The standard InChI is InChI=1S/C12H16ClNO3S/c1-9-14(12(2,3)8-17-9)18(15,16)11-7-5-4-6-10(11)13/h4-7,9H,8H2,1-3H3. The van der Waals surface area contributed by atoms with Crippen LogP contribution in [0.1, 0.15) is 20.8 Å². The maximum Gasteiger partial charge on any atom is 0.247 e. The first-order valence-corrected chi connectivity index (χ1v) is 7.49. The van der Waals surface area contributed by atoms with Crippen molar-refractivity contribution in [2.45, 2.75) is 37.4 Å². The monoisotopic (exact) mass is 289 g/mol. The number of hydrogen-bond donors (Lipinski definition) is 0. The van der Waals surface area contributed by atoms with Crippen molar-refractivity contribution in [1.82, 2.24) is 4.31 Å². The fourth-order valence-corrected chi connectivity index (χ4v) is 4.59. The SMILES string of the molecule is CC1OCC(C)(C)N1S(=O)(=O)c1ccccc1Cl. The lowest BCUT2D eigenvalue weighted by atomic mass is 10.1. The molecule has 0 spiro atoms. The Kier molecular flexibility index (Phi) is 3.44. The molecule has 1 unspecified atom stereocenters. The summed E-state index contributed by atoms with van der Waals surface area (Å²) in [7, 11) is -3.65. The van der Waals surface area contributed by atoms with Gasteiger partial charge in [0.05, 0.1) is 17.2 Å². The molecular weight excluding hydrogens is 274 g/mol. The van der Waals surface area contributed by atoms with E-state index in [1.807, 2.05) is 13.8 Å². The Morgan fingerprint density at radius 1 is 1.39 bits per heavy atom. The second-order valence-corrected chi connectivity index (χ2v) is 7.14. The van der Waals surface area contributed by atoms with Gasteiger partial charge >= 0.3 is 0 Å². The van der Waals surface area contributed by atoms with Gasteiger partial charge in [0.1, 0.15) is 11.1 Å². The summed E-state index contributed by atoms with van der Waals surface area (Å²) in [4.78, 5) is 0.122. The second-order valence-electron chi connectivity index (χ2n) is 4.95. The number of nitrogens with zero attached hydrogens (tertiary/aromatic N) is 1. The Morgan fingerprint density at radius 2 is 2.00 bits per heavy atom. The molecule has 1 fully saturated rings. The van der Waals surface area contributed by atoms with Gasteiger partial charge in [0.2, 0.25) is 10.0 Å². The largest absolute Gasteiger partial charge is 0.360 e. The summed E-state index contributed by atoms with van der Waals surface area (Å²) in [5.41, 5.74) is -0.572. The van der Waals surface area contributed by atoms with E-state index >= 15 is 0 Å². The van der Waals surface area contributed by atoms with Gasteiger partial charge in [0.15, 0.2) is 0 Å². The molecule has 2 rings (SSSR count). The normalized spacial score (nSPS) is 24.3. The maximum atomic E-state index is 12.6. The number of hydrogen-bond acceptors (Lipinski definition) is 3. The number of sulfonamides is 1. The smallest absolute Gasteiger partial charge is 0.247 e. The van der Waals surface area contributed by atoms with Gasteiger partial charge < -0.3 is 4.74 Å². The molecule has 0 saturated carbocycles. The van der Waals surface area contributed by atoms with Gasteiger partial charge in [0.25, 0.3) is 0 Å². The highest BCUT2D eigenvalue weighted by molar-refractivity contribution is 7.89. The molecule has 1 aliphatic rings. The lowest BCUT2D eigenvalue weighted by Crippen LogP contribution is -2.47. The summed E-state index contributed by atoms with van der Waals surface area (Å²) in [6.07, 6.45) is -0.485. The number of ether oxygens (including phenoxy) is 1. The fourth-order valence-electron chi connectivity index (χ4n) is 2.23. The second kappa shape index (κ2) is 4.49. The van der Waals surface area contributed by atoms with Crippen LogP contribution in [0.15, 0.2) is 29.2 Å². The van der Waals surface area contributed by atoms with Gasteiger partial charge in [-0.05, 0) is 32.9 Å². The summed E-state index contributed by atoms with van der Waals surface area (Å²) < 4.78 is 32.1. The van der Waals surface area contributed by atoms with Crippen LogP contribution in [0.4, 0.5) is 0 Å². The topological polar surface area (TPSA) is 46.6 Å². The minimum Gasteiger partial charge on any atom is -0.360 e. The van der Waals surface area contributed by atoms with E-state index in [0.29, 0.717) is 6.61 Å². The zero-order chi connectivity index (χ0) is 13.6. The van der Waals surface area contributed by atoms with E-state index in [1.54, 1.807) is 25.1 Å². The third kappa shape index (κ3) is 2.16. The molecule has 1 aromatic rings. The molecular formula is C12H16ClNO3S. The molecule has 6 heteroatoms. The molecule has 0 N–H and O–H groups in total. The van der Waals surface area contributed by atoms with Gasteiger partial charge in [0, 0.05) is 0 Å². The summed E-state index contributed by atoms with van der Waals surface area (Å²) in [6, 6.07) is 6.45. The Labute approximate surface area is 113 Å². The first kappa shape index (κ1) is 13.8. The molecule has 0 aromatic heterocycles. The predicted octanol–water partition coefficient (Wildman–Crippen LogP) is 2.49. The van der Waals surface area contributed by atoms with Crippen LogP contribution in [0.2, 0.25) is 5.02 Å². The molecule has 1 aliphatic heterocycles. The zero-order valence-corrected chi connectivity index (χ0v) is 12.1. The lowest BCUT2D eigenvalue weighted by molar-refractivity contribution is 0.0843. The molecule has 1 heterocycles. The Morgan fingerprint density at radius 3 is 2.50 bits per heavy atom. The number of rotatable bonds is 2. The average Bonchev–Trinajstić information content (AvgIpc) is 2.53. The first-order valence-electron chi connectivity index (χ1n) is 5.67. The predicted molar refractivity (Wildman–Crippen MR) is 70.0 cm³/mol.